The van der Waals surface area contributed by atoms with Gasteiger partial charge in [0.15, 0.2) is 5.96 Å². The van der Waals surface area contributed by atoms with Crippen molar-refractivity contribution in [2.75, 3.05) is 39.5 Å². The lowest BCUT2D eigenvalue weighted by Gasteiger charge is -2.45. The van der Waals surface area contributed by atoms with Gasteiger partial charge in [-0.2, -0.15) is 11.8 Å². The zero-order chi connectivity index (χ0) is 15.3. The van der Waals surface area contributed by atoms with E-state index in [0.717, 1.165) is 25.6 Å². The normalized spacial score (nSPS) is 23.4. The van der Waals surface area contributed by atoms with Crippen LogP contribution >= 0.6 is 11.8 Å². The van der Waals surface area contributed by atoms with Crippen molar-refractivity contribution in [1.29, 1.82) is 0 Å². The molecule has 0 aromatic rings. The third kappa shape index (κ3) is 4.52. The molecule has 0 aromatic carbocycles. The van der Waals surface area contributed by atoms with Crippen LogP contribution in [0.3, 0.4) is 0 Å². The van der Waals surface area contributed by atoms with E-state index >= 15 is 0 Å². The van der Waals surface area contributed by atoms with Gasteiger partial charge in [-0.3, -0.25) is 4.99 Å². The van der Waals surface area contributed by atoms with E-state index in [0.29, 0.717) is 4.75 Å². The van der Waals surface area contributed by atoms with Gasteiger partial charge in [0.1, 0.15) is 0 Å². The minimum Gasteiger partial charge on any atom is -0.377 e. The maximum atomic E-state index is 5.49. The van der Waals surface area contributed by atoms with Gasteiger partial charge in [-0.1, -0.05) is 19.3 Å². The van der Waals surface area contributed by atoms with Crippen LogP contribution in [0, 0.1) is 0 Å². The first-order valence-electron chi connectivity index (χ1n) is 8.15. The van der Waals surface area contributed by atoms with Crippen molar-refractivity contribution in [1.82, 2.24) is 10.2 Å². The quantitative estimate of drug-likeness (QED) is 0.642. The molecule has 0 unspecified atom stereocenters. The van der Waals surface area contributed by atoms with E-state index in [1.807, 2.05) is 7.05 Å². The molecule has 1 spiro atoms. The Bertz CT molecular complexity index is 359. The fraction of sp³-hybridized carbons (Fsp3) is 0.938. The smallest absolute Gasteiger partial charge is 0.193 e. The van der Waals surface area contributed by atoms with Gasteiger partial charge in [0, 0.05) is 44.3 Å². The van der Waals surface area contributed by atoms with Gasteiger partial charge in [-0.15, -0.1) is 0 Å². The van der Waals surface area contributed by atoms with Gasteiger partial charge in [0.2, 0.25) is 0 Å². The molecule has 1 saturated carbocycles. The third-order valence-electron chi connectivity index (χ3n) is 4.75. The van der Waals surface area contributed by atoms with Crippen LogP contribution in [0.2, 0.25) is 0 Å². The van der Waals surface area contributed by atoms with E-state index in [-0.39, 0.29) is 5.60 Å². The molecule has 1 aliphatic carbocycles. The van der Waals surface area contributed by atoms with Crippen LogP contribution in [-0.4, -0.2) is 60.8 Å². The van der Waals surface area contributed by atoms with Crippen LogP contribution in [0.15, 0.2) is 4.99 Å². The lowest BCUT2D eigenvalue weighted by atomic mass is 9.87. The first kappa shape index (κ1) is 16.9. The molecule has 5 heteroatoms. The number of hydrogen-bond acceptors (Lipinski definition) is 3. The number of methoxy groups -OCH3 is 1. The highest BCUT2D eigenvalue weighted by Crippen LogP contribution is 2.42. The number of hydrogen-bond donors (Lipinski definition) is 1. The van der Waals surface area contributed by atoms with Crippen molar-refractivity contribution in [3.63, 3.8) is 0 Å². The molecule has 1 N–H and O–H groups in total. The monoisotopic (exact) mass is 313 g/mol. The molecule has 0 aromatic heterocycles. The molecule has 21 heavy (non-hydrogen) atoms. The second-order valence-electron chi connectivity index (χ2n) is 6.88. The van der Waals surface area contributed by atoms with Gasteiger partial charge in [-0.25, -0.2) is 0 Å². The van der Waals surface area contributed by atoms with Crippen molar-refractivity contribution in [3.8, 4) is 0 Å². The Morgan fingerprint density at radius 3 is 2.67 bits per heavy atom. The van der Waals surface area contributed by atoms with Crippen LogP contribution in [0.5, 0.6) is 0 Å². The summed E-state index contributed by atoms with van der Waals surface area (Å²) >= 11 is 2.20. The molecule has 4 nitrogen and oxygen atoms in total. The maximum Gasteiger partial charge on any atom is 0.193 e. The van der Waals surface area contributed by atoms with Crippen molar-refractivity contribution in [2.24, 2.45) is 4.99 Å². The number of nitrogens with one attached hydrogen (secondary N) is 1. The molecule has 1 heterocycles. The molecule has 1 saturated heterocycles. The van der Waals surface area contributed by atoms with E-state index in [4.69, 9.17) is 4.74 Å². The SMILES string of the molecule is CN=C(NCC(C)(C)OC)N1CCSC2(CCCCC2)C1. The van der Waals surface area contributed by atoms with Crippen LogP contribution in [0.1, 0.15) is 46.0 Å². The van der Waals surface area contributed by atoms with Gasteiger partial charge in [-0.05, 0) is 26.7 Å². The zero-order valence-electron chi connectivity index (χ0n) is 14.1. The third-order valence-corrected chi connectivity index (χ3v) is 6.29. The van der Waals surface area contributed by atoms with E-state index in [1.54, 1.807) is 7.11 Å². The van der Waals surface area contributed by atoms with Crippen molar-refractivity contribution >= 4 is 17.7 Å². The van der Waals surface area contributed by atoms with E-state index in [2.05, 4.69) is 40.8 Å². The van der Waals surface area contributed by atoms with Crippen LogP contribution in [0.25, 0.3) is 0 Å². The molecular weight excluding hydrogens is 282 g/mol. The summed E-state index contributed by atoms with van der Waals surface area (Å²) in [6.45, 7) is 7.22. The first-order valence-corrected chi connectivity index (χ1v) is 9.14. The summed E-state index contributed by atoms with van der Waals surface area (Å²) in [4.78, 5) is 6.95. The summed E-state index contributed by atoms with van der Waals surface area (Å²) in [7, 11) is 3.65. The minimum absolute atomic E-state index is 0.164. The number of nitrogens with zero attached hydrogens (tertiary/aromatic N) is 2. The molecule has 122 valence electrons. The highest BCUT2D eigenvalue weighted by Gasteiger charge is 2.38. The zero-order valence-corrected chi connectivity index (χ0v) is 14.9. The van der Waals surface area contributed by atoms with Gasteiger partial charge < -0.3 is 15.0 Å². The Hall–Kier alpha value is -0.420. The average molecular weight is 314 g/mol. The first-order chi connectivity index (χ1) is 10.0. The standard InChI is InChI=1S/C16H31N3OS/c1-15(2,20-4)12-18-14(17-3)19-10-11-21-16(13-19)8-6-5-7-9-16/h5-13H2,1-4H3,(H,17,18). The topological polar surface area (TPSA) is 36.9 Å². The van der Waals surface area contributed by atoms with Crippen LogP contribution in [0.4, 0.5) is 0 Å². The maximum absolute atomic E-state index is 5.49. The number of guanidine groups is 1. The second kappa shape index (κ2) is 7.23. The molecule has 0 radical (unpaired) electrons. The molecule has 0 atom stereocenters. The highest BCUT2D eigenvalue weighted by molar-refractivity contribution is 8.00. The largest absolute Gasteiger partial charge is 0.377 e. The summed E-state index contributed by atoms with van der Waals surface area (Å²) in [5.41, 5.74) is -0.164. The summed E-state index contributed by atoms with van der Waals surface area (Å²) in [6.07, 6.45) is 6.94. The summed E-state index contributed by atoms with van der Waals surface area (Å²) in [6, 6.07) is 0. The number of rotatable bonds is 3. The Kier molecular flexibility index (Phi) is 5.83. The van der Waals surface area contributed by atoms with E-state index in [1.165, 1.54) is 37.9 Å². The highest BCUT2D eigenvalue weighted by atomic mass is 32.2. The summed E-state index contributed by atoms with van der Waals surface area (Å²) in [5.74, 6) is 2.25. The second-order valence-corrected chi connectivity index (χ2v) is 8.44. The Morgan fingerprint density at radius 2 is 2.05 bits per heavy atom. The minimum atomic E-state index is -0.164. The molecule has 2 aliphatic rings. The predicted molar refractivity (Wildman–Crippen MR) is 92.3 cm³/mol. The Morgan fingerprint density at radius 1 is 1.33 bits per heavy atom. The molecule has 1 aliphatic heterocycles. The van der Waals surface area contributed by atoms with Crippen LogP contribution in [-0.2, 0) is 4.74 Å². The lowest BCUT2D eigenvalue weighted by molar-refractivity contribution is 0.0263. The Balaban J connectivity index is 1.95. The van der Waals surface area contributed by atoms with Gasteiger partial charge >= 0.3 is 0 Å². The molecule has 0 amide bonds. The fourth-order valence-electron chi connectivity index (χ4n) is 3.22. The van der Waals surface area contributed by atoms with E-state index in [9.17, 15) is 0 Å². The lowest BCUT2D eigenvalue weighted by Crippen LogP contribution is -2.55. The molecular formula is C16H31N3OS. The van der Waals surface area contributed by atoms with Crippen molar-refractivity contribution < 1.29 is 4.74 Å². The average Bonchev–Trinajstić information content (AvgIpc) is 2.49. The van der Waals surface area contributed by atoms with Gasteiger partial charge in [0.05, 0.1) is 5.60 Å². The number of aliphatic imine (C=N–C) groups is 1. The predicted octanol–water partition coefficient (Wildman–Crippen LogP) is 2.74. The van der Waals surface area contributed by atoms with E-state index < -0.39 is 0 Å². The number of thioether (sulfide) groups is 1. The Labute approximate surface area is 134 Å². The number of ether oxygens (including phenoxy) is 1. The summed E-state index contributed by atoms with van der Waals surface area (Å²) < 4.78 is 5.97. The van der Waals surface area contributed by atoms with Crippen molar-refractivity contribution in [3.05, 3.63) is 0 Å². The molecule has 2 fully saturated rings. The van der Waals surface area contributed by atoms with Gasteiger partial charge in [0.25, 0.3) is 0 Å². The summed E-state index contributed by atoms with van der Waals surface area (Å²) in [5, 5.41) is 3.49. The van der Waals surface area contributed by atoms with Crippen LogP contribution < -0.4 is 5.32 Å². The molecule has 0 bridgehead atoms. The van der Waals surface area contributed by atoms with Crippen molar-refractivity contribution in [2.45, 2.75) is 56.3 Å². The molecule has 2 rings (SSSR count). The fourth-order valence-corrected chi connectivity index (χ4v) is 4.79.